The topological polar surface area (TPSA) is 0 Å². The van der Waals surface area contributed by atoms with Crippen molar-refractivity contribution in [2.45, 2.75) is 85.8 Å². The summed E-state index contributed by atoms with van der Waals surface area (Å²) in [6, 6.07) is 0. The van der Waals surface area contributed by atoms with Gasteiger partial charge >= 0.3 is 132 Å². The van der Waals surface area contributed by atoms with Crippen LogP contribution in [0.15, 0.2) is 0 Å². The van der Waals surface area contributed by atoms with E-state index in [0.29, 0.717) is 0 Å². The molecule has 114 valence electrons. The van der Waals surface area contributed by atoms with Gasteiger partial charge in [0.25, 0.3) is 0 Å². The van der Waals surface area contributed by atoms with Gasteiger partial charge in [-0.25, -0.2) is 0 Å². The molecule has 1 rings (SSSR count). The Balaban J connectivity index is 3.44. The van der Waals surface area contributed by atoms with Crippen molar-refractivity contribution in [3.63, 3.8) is 0 Å². The summed E-state index contributed by atoms with van der Waals surface area (Å²) >= 11 is -5.10. The van der Waals surface area contributed by atoms with Crippen LogP contribution in [0.25, 0.3) is 0 Å². The molecule has 0 aromatic carbocycles. The molecule has 3 heteroatoms. The SMILES string of the molecule is [CH3][Ge]([CH3])([CH3])[C](C1CCCCC1)([Ge]([CH3])([CH3])[CH3])[Ge]([CH3])([CH3])[CH3]. The van der Waals surface area contributed by atoms with E-state index in [-0.39, 0.29) is 0 Å². The molecule has 1 saturated carbocycles. The first-order chi connectivity index (χ1) is 8.36. The fraction of sp³-hybridized carbons (Fsp3) is 1.00. The van der Waals surface area contributed by atoms with Crippen LogP contribution in [0.4, 0.5) is 0 Å². The van der Waals surface area contributed by atoms with E-state index in [2.05, 4.69) is 51.8 Å². The molecule has 0 N–H and O–H groups in total. The zero-order valence-corrected chi connectivity index (χ0v) is 21.4. The summed E-state index contributed by atoms with van der Waals surface area (Å²) in [5, 5.41) is 0. The van der Waals surface area contributed by atoms with Gasteiger partial charge in [-0.1, -0.05) is 0 Å². The minimum atomic E-state index is -1.70. The van der Waals surface area contributed by atoms with E-state index in [9.17, 15) is 0 Å². The van der Waals surface area contributed by atoms with Gasteiger partial charge < -0.3 is 0 Å². The van der Waals surface area contributed by atoms with Crippen molar-refractivity contribution in [3.8, 4) is 0 Å². The van der Waals surface area contributed by atoms with Crippen molar-refractivity contribution in [2.24, 2.45) is 5.92 Å². The second-order valence-electron chi connectivity index (χ2n) is 9.89. The molecule has 0 radical (unpaired) electrons. The summed E-state index contributed by atoms with van der Waals surface area (Å²) in [6.45, 7) is 0. The van der Waals surface area contributed by atoms with Crippen LogP contribution in [0.1, 0.15) is 32.1 Å². The van der Waals surface area contributed by atoms with Gasteiger partial charge in [-0.2, -0.15) is 0 Å². The Bertz CT molecular complexity index is 259. The molecule has 1 fully saturated rings. The molecule has 0 amide bonds. The first kappa shape index (κ1) is 18.7. The van der Waals surface area contributed by atoms with Gasteiger partial charge in [0.1, 0.15) is 0 Å². The van der Waals surface area contributed by atoms with Gasteiger partial charge in [0.2, 0.25) is 0 Å². The summed E-state index contributed by atoms with van der Waals surface area (Å²) < 4.78 is 0.945. The van der Waals surface area contributed by atoms with Crippen LogP contribution in [0.3, 0.4) is 0 Å². The Morgan fingerprint density at radius 2 is 0.895 bits per heavy atom. The van der Waals surface area contributed by atoms with Crippen LogP contribution in [0.2, 0.25) is 53.7 Å². The summed E-state index contributed by atoms with van der Waals surface area (Å²) in [6.07, 6.45) is 7.72. The Kier molecular flexibility index (Phi) is 5.92. The molecule has 1 aliphatic carbocycles. The molecule has 0 bridgehead atoms. The molecule has 0 unspecified atom stereocenters. The van der Waals surface area contributed by atoms with E-state index >= 15 is 0 Å². The average molecular weight is 448 g/mol. The zero-order valence-electron chi connectivity index (χ0n) is 15.1. The van der Waals surface area contributed by atoms with Crippen LogP contribution < -0.4 is 0 Å². The van der Waals surface area contributed by atoms with Crippen molar-refractivity contribution in [2.75, 3.05) is 0 Å². The Hall–Kier alpha value is 1.63. The molecular weight excluding hydrogens is 410 g/mol. The molecule has 0 aliphatic heterocycles. The monoisotopic (exact) mass is 452 g/mol. The Morgan fingerprint density at radius 1 is 0.579 bits per heavy atom. The van der Waals surface area contributed by atoms with Crippen LogP contribution in [-0.4, -0.2) is 39.8 Å². The predicted octanol–water partition coefficient (Wildman–Crippen LogP) is 6.40. The maximum absolute atomic E-state index is 2.77. The van der Waals surface area contributed by atoms with Gasteiger partial charge in [-0.15, -0.1) is 0 Å². The van der Waals surface area contributed by atoms with Gasteiger partial charge in [-0.05, 0) is 0 Å². The van der Waals surface area contributed by atoms with E-state index in [0.717, 1.165) is 7.83 Å². The number of hydrogen-bond acceptors (Lipinski definition) is 0. The quantitative estimate of drug-likeness (QED) is 0.437. The standard InChI is InChI=1S/C16H38Ge3/c1-17(2,3)16(18(4,5)6,19(7,8)9)15-13-11-10-12-14-15/h15H,10-14H2,1-9H3. The van der Waals surface area contributed by atoms with E-state index in [1.165, 1.54) is 19.3 Å². The second kappa shape index (κ2) is 6.02. The molecule has 0 nitrogen and oxygen atoms in total. The first-order valence-electron chi connectivity index (χ1n) is 8.36. The molecule has 0 heterocycles. The third-order valence-corrected chi connectivity index (χ3v) is 72.3. The van der Waals surface area contributed by atoms with Crippen molar-refractivity contribution < 1.29 is 0 Å². The molecule has 0 atom stereocenters. The Morgan fingerprint density at radius 3 is 1.16 bits per heavy atom. The third-order valence-electron chi connectivity index (χ3n) is 5.77. The number of rotatable bonds is 4. The Labute approximate surface area is 131 Å². The van der Waals surface area contributed by atoms with Gasteiger partial charge in [0.05, 0.1) is 0 Å². The van der Waals surface area contributed by atoms with Crippen molar-refractivity contribution >= 4 is 39.8 Å². The molecule has 0 aromatic rings. The normalized spacial score (nSPS) is 20.7. The van der Waals surface area contributed by atoms with Crippen LogP contribution >= 0.6 is 0 Å². The second-order valence-corrected chi connectivity index (χ2v) is 49.8. The molecule has 1 aliphatic rings. The minimum absolute atomic E-state index is 0.945. The molecule has 0 spiro atoms. The molecular formula is C16H38Ge3. The van der Waals surface area contributed by atoms with Crippen molar-refractivity contribution in [1.29, 1.82) is 0 Å². The summed E-state index contributed by atoms with van der Waals surface area (Å²) in [4.78, 5) is 0. The molecule has 0 aromatic heterocycles. The summed E-state index contributed by atoms with van der Waals surface area (Å²) in [5.41, 5.74) is 0. The van der Waals surface area contributed by atoms with Crippen molar-refractivity contribution in [3.05, 3.63) is 0 Å². The van der Waals surface area contributed by atoms with Crippen LogP contribution in [0.5, 0.6) is 0 Å². The summed E-state index contributed by atoms with van der Waals surface area (Å²) in [5.74, 6) is 26.0. The van der Waals surface area contributed by atoms with Gasteiger partial charge in [0, 0.05) is 0 Å². The molecule has 0 saturated heterocycles. The zero-order chi connectivity index (χ0) is 15.1. The van der Waals surface area contributed by atoms with Crippen molar-refractivity contribution in [1.82, 2.24) is 0 Å². The fourth-order valence-electron chi connectivity index (χ4n) is 6.75. The van der Waals surface area contributed by atoms with Crippen LogP contribution in [-0.2, 0) is 0 Å². The van der Waals surface area contributed by atoms with E-state index in [1.54, 1.807) is 12.8 Å². The van der Waals surface area contributed by atoms with E-state index in [1.807, 2.05) is 0 Å². The maximum atomic E-state index is 2.77. The van der Waals surface area contributed by atoms with Crippen LogP contribution in [0, 0.1) is 5.92 Å². The molecule has 19 heavy (non-hydrogen) atoms. The fourth-order valence-corrected chi connectivity index (χ4v) is 104. The summed E-state index contributed by atoms with van der Waals surface area (Å²) in [7, 11) is 0. The van der Waals surface area contributed by atoms with Gasteiger partial charge in [-0.3, -0.25) is 0 Å². The third kappa shape index (κ3) is 3.36. The first-order valence-corrected chi connectivity index (χ1v) is 30.4. The average Bonchev–Trinajstić information content (AvgIpc) is 2.12. The van der Waals surface area contributed by atoms with Gasteiger partial charge in [0.15, 0.2) is 0 Å². The number of hydrogen-bond donors (Lipinski definition) is 0. The van der Waals surface area contributed by atoms with E-state index in [4.69, 9.17) is 0 Å². The predicted molar refractivity (Wildman–Crippen MR) is 99.3 cm³/mol. The van der Waals surface area contributed by atoms with E-state index < -0.39 is 39.8 Å².